The van der Waals surface area contributed by atoms with E-state index in [-0.39, 0.29) is 0 Å². The van der Waals surface area contributed by atoms with Crippen molar-refractivity contribution in [2.75, 3.05) is 5.73 Å². The lowest BCUT2D eigenvalue weighted by atomic mass is 9.92. The van der Waals surface area contributed by atoms with Gasteiger partial charge in [-0.3, -0.25) is 0 Å². The van der Waals surface area contributed by atoms with Crippen molar-refractivity contribution in [2.45, 2.75) is 26.4 Å². The maximum Gasteiger partial charge on any atom is 0.123 e. The van der Waals surface area contributed by atoms with Crippen LogP contribution in [-0.4, -0.2) is 10.1 Å². The molecule has 94 valence electrons. The molecule has 0 spiro atoms. The maximum absolute atomic E-state index is 9.99. The second kappa shape index (κ2) is 4.42. The zero-order valence-electron chi connectivity index (χ0n) is 10.9. The molecule has 3 heteroatoms. The van der Waals surface area contributed by atoms with Crippen LogP contribution >= 0.6 is 0 Å². The van der Waals surface area contributed by atoms with Crippen molar-refractivity contribution in [2.24, 2.45) is 0 Å². The highest BCUT2D eigenvalue weighted by atomic mass is 16.3. The predicted molar refractivity (Wildman–Crippen MR) is 74.1 cm³/mol. The zero-order valence-corrected chi connectivity index (χ0v) is 10.9. The number of rotatable bonds is 2. The van der Waals surface area contributed by atoms with Crippen molar-refractivity contribution in [3.05, 3.63) is 47.7 Å². The first-order valence-corrected chi connectivity index (χ1v) is 5.93. The van der Waals surface area contributed by atoms with Crippen LogP contribution in [0.2, 0.25) is 0 Å². The molecule has 0 aliphatic carbocycles. The van der Waals surface area contributed by atoms with Crippen LogP contribution in [0.4, 0.5) is 5.82 Å². The van der Waals surface area contributed by atoms with Gasteiger partial charge >= 0.3 is 0 Å². The van der Waals surface area contributed by atoms with Crippen LogP contribution in [0, 0.1) is 6.92 Å². The van der Waals surface area contributed by atoms with E-state index < -0.39 is 5.60 Å². The quantitative estimate of drug-likeness (QED) is 0.851. The van der Waals surface area contributed by atoms with Gasteiger partial charge in [0.05, 0.1) is 5.60 Å². The topological polar surface area (TPSA) is 59.1 Å². The number of aromatic nitrogens is 1. The average molecular weight is 242 g/mol. The first kappa shape index (κ1) is 12.6. The largest absolute Gasteiger partial charge is 0.386 e. The van der Waals surface area contributed by atoms with Crippen LogP contribution in [0.25, 0.3) is 11.1 Å². The smallest absolute Gasteiger partial charge is 0.123 e. The Hall–Kier alpha value is -1.87. The molecule has 0 bridgehead atoms. The van der Waals surface area contributed by atoms with Crippen LogP contribution in [0.3, 0.4) is 0 Å². The normalized spacial score (nSPS) is 11.6. The Kier molecular flexibility index (Phi) is 3.09. The van der Waals surface area contributed by atoms with Crippen molar-refractivity contribution in [3.8, 4) is 11.1 Å². The monoisotopic (exact) mass is 242 g/mol. The minimum Gasteiger partial charge on any atom is -0.386 e. The molecule has 0 saturated heterocycles. The number of nitrogens with zero attached hydrogens (tertiary/aromatic N) is 1. The van der Waals surface area contributed by atoms with Gasteiger partial charge in [0, 0.05) is 6.20 Å². The van der Waals surface area contributed by atoms with Gasteiger partial charge in [0.15, 0.2) is 0 Å². The molecule has 0 saturated carbocycles. The molecule has 2 rings (SSSR count). The standard InChI is InChI=1S/C15H18N2O/c1-10-8-12(15(2,3)18)4-5-13(10)11-6-7-17-14(16)9-11/h4-9,18H,1-3H3,(H2,16,17). The molecule has 0 unspecified atom stereocenters. The Morgan fingerprint density at radius 3 is 2.44 bits per heavy atom. The Morgan fingerprint density at radius 2 is 1.89 bits per heavy atom. The van der Waals surface area contributed by atoms with Crippen molar-refractivity contribution < 1.29 is 5.11 Å². The van der Waals surface area contributed by atoms with Crippen molar-refractivity contribution in [1.29, 1.82) is 0 Å². The van der Waals surface area contributed by atoms with Crippen LogP contribution in [0.5, 0.6) is 0 Å². The van der Waals surface area contributed by atoms with Gasteiger partial charge in [-0.05, 0) is 55.2 Å². The third-order valence-corrected chi connectivity index (χ3v) is 3.02. The van der Waals surface area contributed by atoms with Crippen LogP contribution in [0.15, 0.2) is 36.5 Å². The van der Waals surface area contributed by atoms with E-state index in [1.54, 1.807) is 20.0 Å². The summed E-state index contributed by atoms with van der Waals surface area (Å²) in [4.78, 5) is 3.99. The maximum atomic E-state index is 9.99. The van der Waals surface area contributed by atoms with E-state index in [4.69, 9.17) is 5.73 Å². The summed E-state index contributed by atoms with van der Waals surface area (Å²) in [7, 11) is 0. The fraction of sp³-hybridized carbons (Fsp3) is 0.267. The molecule has 1 aromatic heterocycles. The fourth-order valence-electron chi connectivity index (χ4n) is 1.98. The van der Waals surface area contributed by atoms with Crippen molar-refractivity contribution >= 4 is 5.82 Å². The summed E-state index contributed by atoms with van der Waals surface area (Å²) in [5.41, 5.74) is 9.05. The van der Waals surface area contributed by atoms with Gasteiger partial charge in [-0.25, -0.2) is 4.98 Å². The predicted octanol–water partition coefficient (Wildman–Crippen LogP) is 2.87. The molecule has 1 heterocycles. The van der Waals surface area contributed by atoms with E-state index in [1.165, 1.54) is 0 Å². The van der Waals surface area contributed by atoms with E-state index in [2.05, 4.69) is 4.98 Å². The van der Waals surface area contributed by atoms with Gasteiger partial charge in [-0.15, -0.1) is 0 Å². The third-order valence-electron chi connectivity index (χ3n) is 3.02. The Morgan fingerprint density at radius 1 is 1.17 bits per heavy atom. The molecule has 0 fully saturated rings. The molecule has 0 atom stereocenters. The van der Waals surface area contributed by atoms with Gasteiger partial charge in [0.1, 0.15) is 5.82 Å². The number of nitrogen functional groups attached to an aromatic ring is 1. The number of hydrogen-bond donors (Lipinski definition) is 2. The van der Waals surface area contributed by atoms with Crippen molar-refractivity contribution in [1.82, 2.24) is 4.98 Å². The number of anilines is 1. The number of aryl methyl sites for hydroxylation is 1. The first-order chi connectivity index (χ1) is 8.38. The molecule has 0 amide bonds. The van der Waals surface area contributed by atoms with Crippen LogP contribution in [0.1, 0.15) is 25.0 Å². The molecule has 0 aliphatic rings. The summed E-state index contributed by atoms with van der Waals surface area (Å²) >= 11 is 0. The Bertz CT molecular complexity index is 571. The number of nitrogens with two attached hydrogens (primary N) is 1. The molecule has 18 heavy (non-hydrogen) atoms. The minimum atomic E-state index is -0.819. The van der Waals surface area contributed by atoms with Gasteiger partial charge < -0.3 is 10.8 Å². The number of hydrogen-bond acceptors (Lipinski definition) is 3. The first-order valence-electron chi connectivity index (χ1n) is 5.93. The zero-order chi connectivity index (χ0) is 13.3. The average Bonchev–Trinajstić information content (AvgIpc) is 2.27. The molecule has 0 radical (unpaired) electrons. The molecule has 3 N–H and O–H groups in total. The highest BCUT2D eigenvalue weighted by Crippen LogP contribution is 2.28. The summed E-state index contributed by atoms with van der Waals surface area (Å²) in [5, 5.41) is 9.99. The van der Waals surface area contributed by atoms with Gasteiger partial charge in [-0.1, -0.05) is 18.2 Å². The molecular formula is C15H18N2O. The van der Waals surface area contributed by atoms with E-state index in [1.807, 2.05) is 37.3 Å². The fourth-order valence-corrected chi connectivity index (χ4v) is 1.98. The lowest BCUT2D eigenvalue weighted by Crippen LogP contribution is -2.15. The third kappa shape index (κ3) is 2.51. The molecule has 1 aromatic carbocycles. The highest BCUT2D eigenvalue weighted by Gasteiger charge is 2.16. The summed E-state index contributed by atoms with van der Waals surface area (Å²) in [6.45, 7) is 5.60. The van der Waals surface area contributed by atoms with E-state index >= 15 is 0 Å². The Labute approximate surface area is 107 Å². The molecule has 3 nitrogen and oxygen atoms in total. The summed E-state index contributed by atoms with van der Waals surface area (Å²) in [5.74, 6) is 0.512. The lowest BCUT2D eigenvalue weighted by molar-refractivity contribution is 0.0785. The van der Waals surface area contributed by atoms with Crippen LogP contribution < -0.4 is 5.73 Å². The minimum absolute atomic E-state index is 0.512. The molecule has 2 aromatic rings. The summed E-state index contributed by atoms with van der Waals surface area (Å²) in [6, 6.07) is 9.75. The summed E-state index contributed by atoms with van der Waals surface area (Å²) in [6.07, 6.45) is 1.70. The Balaban J connectivity index is 2.48. The van der Waals surface area contributed by atoms with Crippen molar-refractivity contribution in [3.63, 3.8) is 0 Å². The van der Waals surface area contributed by atoms with Gasteiger partial charge in [-0.2, -0.15) is 0 Å². The van der Waals surface area contributed by atoms with Crippen LogP contribution in [-0.2, 0) is 5.60 Å². The van der Waals surface area contributed by atoms with E-state index in [0.29, 0.717) is 5.82 Å². The second-order valence-electron chi connectivity index (χ2n) is 5.06. The van der Waals surface area contributed by atoms with Gasteiger partial charge in [0.2, 0.25) is 0 Å². The second-order valence-corrected chi connectivity index (χ2v) is 5.06. The highest BCUT2D eigenvalue weighted by molar-refractivity contribution is 5.69. The van der Waals surface area contributed by atoms with Gasteiger partial charge in [0.25, 0.3) is 0 Å². The number of pyridine rings is 1. The molecule has 0 aliphatic heterocycles. The van der Waals surface area contributed by atoms with E-state index in [0.717, 1.165) is 22.3 Å². The number of benzene rings is 1. The van der Waals surface area contributed by atoms with E-state index in [9.17, 15) is 5.11 Å². The SMILES string of the molecule is Cc1cc(C(C)(C)O)ccc1-c1ccnc(N)c1. The lowest BCUT2D eigenvalue weighted by Gasteiger charge is -2.19. The number of aliphatic hydroxyl groups is 1. The summed E-state index contributed by atoms with van der Waals surface area (Å²) < 4.78 is 0. The molecular weight excluding hydrogens is 224 g/mol.